The number of aromatic nitrogens is 1. The number of pyridine rings is 1. The summed E-state index contributed by atoms with van der Waals surface area (Å²) in [4.78, 5) is 28.3. The number of benzene rings is 2. The van der Waals surface area contributed by atoms with Crippen LogP contribution in [0.1, 0.15) is 15.2 Å². The number of methoxy groups -OCH3 is 1. The van der Waals surface area contributed by atoms with Crippen molar-refractivity contribution in [1.82, 2.24) is 10.3 Å². The molecule has 10 nitrogen and oxygen atoms in total. The second-order valence-corrected chi connectivity index (χ2v) is 8.82. The highest BCUT2D eigenvalue weighted by Gasteiger charge is 2.14. The molecule has 190 valence electrons. The number of nitro groups is 1. The lowest BCUT2D eigenvalue weighted by atomic mass is 10.1. The number of hydrogen-bond donors (Lipinski definition) is 4. The second kappa shape index (κ2) is 12.5. The standard InChI is InChI=1S/C26H26N6O4S/c1-36-14-13-28-24(17-32(34)35)30-19-6-8-20(9-7-19)31-26(33)25-23(11-15-37-25)29-16-18-10-12-27-22-5-3-2-4-21(18)22/h2-12,15,17,28-30H,13-14,16H2,1H3,(H,31,33)/b24-17+. The number of carbonyl (C=O) groups excluding carboxylic acids is 1. The van der Waals surface area contributed by atoms with Crippen LogP contribution >= 0.6 is 11.3 Å². The van der Waals surface area contributed by atoms with Crippen LogP contribution < -0.4 is 21.3 Å². The summed E-state index contributed by atoms with van der Waals surface area (Å²) in [5.41, 5.74) is 3.99. The largest absolute Gasteiger partial charge is 0.383 e. The molecule has 4 rings (SSSR count). The predicted octanol–water partition coefficient (Wildman–Crippen LogP) is 4.88. The number of anilines is 3. The van der Waals surface area contributed by atoms with Gasteiger partial charge in [-0.25, -0.2) is 0 Å². The Kier molecular flexibility index (Phi) is 8.63. The van der Waals surface area contributed by atoms with Crippen molar-refractivity contribution < 1.29 is 14.5 Å². The molecule has 0 radical (unpaired) electrons. The van der Waals surface area contributed by atoms with Crippen LogP contribution in [-0.2, 0) is 11.3 Å². The third kappa shape index (κ3) is 7.03. The van der Waals surface area contributed by atoms with E-state index in [4.69, 9.17) is 4.74 Å². The zero-order valence-corrected chi connectivity index (χ0v) is 20.9. The summed E-state index contributed by atoms with van der Waals surface area (Å²) in [6, 6.07) is 18.7. The van der Waals surface area contributed by atoms with E-state index in [1.807, 2.05) is 41.8 Å². The van der Waals surface area contributed by atoms with Crippen LogP contribution in [-0.4, -0.2) is 36.1 Å². The summed E-state index contributed by atoms with van der Waals surface area (Å²) >= 11 is 1.35. The predicted molar refractivity (Wildman–Crippen MR) is 146 cm³/mol. The summed E-state index contributed by atoms with van der Waals surface area (Å²) < 4.78 is 4.96. The maximum Gasteiger partial charge on any atom is 0.274 e. The van der Waals surface area contributed by atoms with Crippen LogP contribution in [0.4, 0.5) is 17.1 Å². The van der Waals surface area contributed by atoms with E-state index in [0.717, 1.165) is 28.4 Å². The average molecular weight is 519 g/mol. The fourth-order valence-corrected chi connectivity index (χ4v) is 4.38. The molecule has 37 heavy (non-hydrogen) atoms. The Morgan fingerprint density at radius 3 is 2.59 bits per heavy atom. The lowest BCUT2D eigenvalue weighted by Crippen LogP contribution is -2.24. The molecule has 2 aromatic carbocycles. The van der Waals surface area contributed by atoms with E-state index in [0.29, 0.717) is 35.9 Å². The molecule has 1 amide bonds. The van der Waals surface area contributed by atoms with E-state index in [-0.39, 0.29) is 11.7 Å². The van der Waals surface area contributed by atoms with Gasteiger partial charge in [-0.2, -0.15) is 0 Å². The molecule has 0 aliphatic carbocycles. The van der Waals surface area contributed by atoms with Crippen molar-refractivity contribution in [1.29, 1.82) is 0 Å². The molecule has 0 saturated carbocycles. The Bertz CT molecular complexity index is 1400. The zero-order chi connectivity index (χ0) is 26.0. The van der Waals surface area contributed by atoms with Crippen LogP contribution in [0.15, 0.2) is 84.3 Å². The van der Waals surface area contributed by atoms with Crippen LogP contribution in [0.3, 0.4) is 0 Å². The van der Waals surface area contributed by atoms with Crippen molar-refractivity contribution in [2.24, 2.45) is 0 Å². The molecule has 0 unspecified atom stereocenters. The van der Waals surface area contributed by atoms with Gasteiger partial charge in [0.1, 0.15) is 4.88 Å². The second-order valence-electron chi connectivity index (χ2n) is 7.91. The Morgan fingerprint density at radius 2 is 1.84 bits per heavy atom. The summed E-state index contributed by atoms with van der Waals surface area (Å²) in [7, 11) is 1.55. The molecule has 0 atom stereocenters. The highest BCUT2D eigenvalue weighted by molar-refractivity contribution is 7.12. The molecule has 0 saturated heterocycles. The van der Waals surface area contributed by atoms with Crippen molar-refractivity contribution in [2.75, 3.05) is 36.2 Å². The van der Waals surface area contributed by atoms with Gasteiger partial charge < -0.3 is 26.0 Å². The number of rotatable bonds is 12. The Labute approximate surface area is 217 Å². The molecule has 11 heteroatoms. The van der Waals surface area contributed by atoms with Gasteiger partial charge in [0.25, 0.3) is 12.1 Å². The van der Waals surface area contributed by atoms with Gasteiger partial charge in [0, 0.05) is 43.2 Å². The number of carbonyl (C=O) groups is 1. The smallest absolute Gasteiger partial charge is 0.274 e. The first-order valence-electron chi connectivity index (χ1n) is 11.4. The first-order valence-corrected chi connectivity index (χ1v) is 12.3. The molecular weight excluding hydrogens is 492 g/mol. The molecule has 0 fully saturated rings. The quantitative estimate of drug-likeness (QED) is 0.119. The Hall–Kier alpha value is -4.48. The zero-order valence-electron chi connectivity index (χ0n) is 20.1. The van der Waals surface area contributed by atoms with Gasteiger partial charge in [0.2, 0.25) is 0 Å². The number of amides is 1. The Balaban J connectivity index is 1.38. The SMILES string of the molecule is COCCN/C(=C\[N+](=O)[O-])Nc1ccc(NC(=O)c2sccc2NCc2ccnc3ccccc23)cc1. The van der Waals surface area contributed by atoms with Crippen molar-refractivity contribution in [3.63, 3.8) is 0 Å². The minimum atomic E-state index is -0.541. The van der Waals surface area contributed by atoms with E-state index in [2.05, 4.69) is 26.3 Å². The van der Waals surface area contributed by atoms with Gasteiger partial charge in [0.05, 0.1) is 22.7 Å². The van der Waals surface area contributed by atoms with Gasteiger partial charge >= 0.3 is 0 Å². The summed E-state index contributed by atoms with van der Waals surface area (Å²) in [6.07, 6.45) is 2.64. The van der Waals surface area contributed by atoms with Crippen LogP contribution in [0, 0.1) is 10.1 Å². The van der Waals surface area contributed by atoms with Crippen molar-refractivity contribution in [3.8, 4) is 0 Å². The molecular formula is C26H26N6O4S. The molecule has 4 aromatic rings. The van der Waals surface area contributed by atoms with Crippen molar-refractivity contribution >= 4 is 45.2 Å². The van der Waals surface area contributed by atoms with Crippen LogP contribution in [0.5, 0.6) is 0 Å². The molecule has 2 aromatic heterocycles. The van der Waals surface area contributed by atoms with Crippen LogP contribution in [0.2, 0.25) is 0 Å². The molecule has 0 spiro atoms. The number of fused-ring (bicyclic) bond motifs is 1. The fourth-order valence-electron chi connectivity index (χ4n) is 3.62. The molecule has 2 heterocycles. The first-order chi connectivity index (χ1) is 18.0. The minimum Gasteiger partial charge on any atom is -0.383 e. The maximum atomic E-state index is 13.0. The number of para-hydroxylation sites is 1. The van der Waals surface area contributed by atoms with E-state index in [1.165, 1.54) is 11.3 Å². The third-order valence-electron chi connectivity index (χ3n) is 5.36. The van der Waals surface area contributed by atoms with Gasteiger partial charge in [-0.3, -0.25) is 19.9 Å². The van der Waals surface area contributed by atoms with Crippen molar-refractivity contribution in [2.45, 2.75) is 6.54 Å². The van der Waals surface area contributed by atoms with Crippen molar-refractivity contribution in [3.05, 3.63) is 105 Å². The lowest BCUT2D eigenvalue weighted by molar-refractivity contribution is -0.403. The van der Waals surface area contributed by atoms with Gasteiger partial charge in [0.15, 0.2) is 5.82 Å². The number of nitrogens with one attached hydrogen (secondary N) is 4. The average Bonchev–Trinajstić information content (AvgIpc) is 3.37. The summed E-state index contributed by atoms with van der Waals surface area (Å²) in [5, 5.41) is 26.0. The number of nitrogens with zero attached hydrogens (tertiary/aromatic N) is 2. The van der Waals surface area contributed by atoms with E-state index < -0.39 is 4.92 Å². The Morgan fingerprint density at radius 1 is 1.08 bits per heavy atom. The normalized spacial score (nSPS) is 11.2. The highest BCUT2D eigenvalue weighted by Crippen LogP contribution is 2.26. The first kappa shape index (κ1) is 25.6. The molecule has 0 aliphatic rings. The monoisotopic (exact) mass is 518 g/mol. The van der Waals surface area contributed by atoms with Gasteiger partial charge in [-0.15, -0.1) is 11.3 Å². The maximum absolute atomic E-state index is 13.0. The molecule has 0 aliphatic heterocycles. The number of hydrogen-bond acceptors (Lipinski definition) is 9. The van der Waals surface area contributed by atoms with Gasteiger partial charge in [-0.05, 0) is 53.4 Å². The molecule has 4 N–H and O–H groups in total. The van der Waals surface area contributed by atoms with Gasteiger partial charge in [-0.1, -0.05) is 18.2 Å². The lowest BCUT2D eigenvalue weighted by Gasteiger charge is -2.12. The fraction of sp³-hybridized carbons (Fsp3) is 0.154. The highest BCUT2D eigenvalue weighted by atomic mass is 32.1. The van der Waals surface area contributed by atoms with Crippen LogP contribution in [0.25, 0.3) is 10.9 Å². The number of ether oxygens (including phenoxy) is 1. The minimum absolute atomic E-state index is 0.229. The topological polar surface area (TPSA) is 130 Å². The van der Waals surface area contributed by atoms with E-state index in [9.17, 15) is 14.9 Å². The summed E-state index contributed by atoms with van der Waals surface area (Å²) in [5.74, 6) is 0.00285. The number of thiophene rings is 1. The van der Waals surface area contributed by atoms with E-state index in [1.54, 1.807) is 37.6 Å². The van der Waals surface area contributed by atoms with E-state index >= 15 is 0 Å². The summed E-state index contributed by atoms with van der Waals surface area (Å²) in [6.45, 7) is 1.37. The molecule has 0 bridgehead atoms. The third-order valence-corrected chi connectivity index (χ3v) is 6.27.